The molecule has 0 heterocycles. The van der Waals surface area contributed by atoms with Crippen molar-refractivity contribution in [3.63, 3.8) is 0 Å². The van der Waals surface area contributed by atoms with Gasteiger partial charge in [-0.3, -0.25) is 0 Å². The highest BCUT2D eigenvalue weighted by atomic mass is 32.2. The summed E-state index contributed by atoms with van der Waals surface area (Å²) in [5.74, 6) is -2.05. The maximum Gasteiger partial charge on any atom is 0.161 e. The molecule has 0 bridgehead atoms. The molecule has 0 aliphatic carbocycles. The number of anilines is 1. The van der Waals surface area contributed by atoms with Crippen molar-refractivity contribution < 1.29 is 13.2 Å². The van der Waals surface area contributed by atoms with Crippen LogP contribution in [0.2, 0.25) is 0 Å². The molecule has 20 heavy (non-hydrogen) atoms. The topological polar surface area (TPSA) is 12.0 Å². The van der Waals surface area contributed by atoms with E-state index in [-0.39, 0.29) is 12.1 Å². The zero-order chi connectivity index (χ0) is 14.5. The Balaban J connectivity index is 2.15. The fourth-order valence-electron chi connectivity index (χ4n) is 1.78. The summed E-state index contributed by atoms with van der Waals surface area (Å²) in [6, 6.07) is 9.06. The Morgan fingerprint density at radius 2 is 1.70 bits per heavy atom. The van der Waals surface area contributed by atoms with E-state index in [9.17, 15) is 13.2 Å². The first-order chi connectivity index (χ1) is 9.61. The van der Waals surface area contributed by atoms with Crippen LogP contribution in [0.15, 0.2) is 41.3 Å². The second-order valence-corrected chi connectivity index (χ2v) is 5.45. The minimum atomic E-state index is -1.17. The molecule has 0 unspecified atom stereocenters. The van der Waals surface area contributed by atoms with Crippen LogP contribution in [0.5, 0.6) is 0 Å². The zero-order valence-corrected chi connectivity index (χ0v) is 11.7. The number of hydrogen-bond donors (Lipinski definition) is 1. The van der Waals surface area contributed by atoms with Crippen LogP contribution in [-0.4, -0.2) is 5.75 Å². The first-order valence-corrected chi connectivity index (χ1v) is 7.19. The van der Waals surface area contributed by atoms with Crippen molar-refractivity contribution in [2.24, 2.45) is 0 Å². The molecule has 1 N–H and O–H groups in total. The zero-order valence-electron chi connectivity index (χ0n) is 10.9. The molecule has 0 amide bonds. The summed E-state index contributed by atoms with van der Waals surface area (Å²) in [7, 11) is 0. The Labute approximate surface area is 120 Å². The van der Waals surface area contributed by atoms with Crippen LogP contribution in [0.1, 0.15) is 12.5 Å². The van der Waals surface area contributed by atoms with Crippen LogP contribution in [0.4, 0.5) is 18.9 Å². The van der Waals surface area contributed by atoms with E-state index in [4.69, 9.17) is 0 Å². The van der Waals surface area contributed by atoms with Crippen LogP contribution in [0.25, 0.3) is 0 Å². The van der Waals surface area contributed by atoms with E-state index in [2.05, 4.69) is 5.32 Å². The Kier molecular flexibility index (Phi) is 4.95. The van der Waals surface area contributed by atoms with E-state index >= 15 is 0 Å². The van der Waals surface area contributed by atoms with Crippen molar-refractivity contribution >= 4 is 17.4 Å². The third-order valence-electron chi connectivity index (χ3n) is 2.75. The van der Waals surface area contributed by atoms with Crippen molar-refractivity contribution in [1.82, 2.24) is 0 Å². The number of benzene rings is 2. The van der Waals surface area contributed by atoms with Crippen molar-refractivity contribution in [2.45, 2.75) is 18.4 Å². The lowest BCUT2D eigenvalue weighted by molar-refractivity contribution is 0.490. The molecule has 1 nitrogen and oxygen atoms in total. The first-order valence-electron chi connectivity index (χ1n) is 6.21. The lowest BCUT2D eigenvalue weighted by Gasteiger charge is -2.11. The van der Waals surface area contributed by atoms with Gasteiger partial charge in [-0.05, 0) is 24.0 Å². The molecule has 0 aliphatic rings. The van der Waals surface area contributed by atoms with Gasteiger partial charge in [0.2, 0.25) is 0 Å². The van der Waals surface area contributed by atoms with E-state index in [1.54, 1.807) is 11.8 Å². The largest absolute Gasteiger partial charge is 0.380 e. The predicted molar refractivity (Wildman–Crippen MR) is 76.5 cm³/mol. The average Bonchev–Trinajstić information content (AvgIpc) is 2.43. The van der Waals surface area contributed by atoms with Gasteiger partial charge in [0.25, 0.3) is 0 Å². The highest BCUT2D eigenvalue weighted by Gasteiger charge is 2.10. The smallest absolute Gasteiger partial charge is 0.161 e. The normalized spacial score (nSPS) is 10.6. The molecule has 0 fully saturated rings. The van der Waals surface area contributed by atoms with Crippen LogP contribution in [0.3, 0.4) is 0 Å². The molecule has 2 rings (SSSR count). The lowest BCUT2D eigenvalue weighted by atomic mass is 10.2. The number of hydrogen-bond acceptors (Lipinski definition) is 2. The minimum Gasteiger partial charge on any atom is -0.380 e. The van der Waals surface area contributed by atoms with Gasteiger partial charge in [-0.25, -0.2) is 13.2 Å². The summed E-state index contributed by atoms with van der Waals surface area (Å²) < 4.78 is 39.5. The van der Waals surface area contributed by atoms with Crippen LogP contribution >= 0.6 is 11.8 Å². The van der Waals surface area contributed by atoms with Crippen molar-refractivity contribution in [1.29, 1.82) is 0 Å². The van der Waals surface area contributed by atoms with Gasteiger partial charge in [0, 0.05) is 28.8 Å². The number of para-hydroxylation sites is 1. The average molecular weight is 297 g/mol. The Hall–Kier alpha value is -1.62. The fourth-order valence-corrected chi connectivity index (χ4v) is 2.57. The third-order valence-corrected chi connectivity index (χ3v) is 3.70. The minimum absolute atomic E-state index is 0.0974. The summed E-state index contributed by atoms with van der Waals surface area (Å²) in [5, 5.41) is 3.05. The number of thioether (sulfide) groups is 1. The molecule has 2 aromatic carbocycles. The molecule has 0 atom stereocenters. The van der Waals surface area contributed by atoms with Gasteiger partial charge in [-0.2, -0.15) is 0 Å². The van der Waals surface area contributed by atoms with Gasteiger partial charge in [0.05, 0.1) is 0 Å². The number of rotatable bonds is 5. The standard InChI is InChI=1S/C15H14F3NS/c1-2-20-15-6-4-3-5-14(15)19-9-10-7-12(17)13(18)8-11(10)16/h3-8,19H,2,9H2,1H3. The molecule has 0 spiro atoms. The molecule has 106 valence electrons. The van der Waals surface area contributed by atoms with Gasteiger partial charge in [-0.15, -0.1) is 11.8 Å². The number of halogens is 3. The monoisotopic (exact) mass is 297 g/mol. The summed E-state index contributed by atoms with van der Waals surface area (Å²) in [4.78, 5) is 1.04. The van der Waals surface area contributed by atoms with Gasteiger partial charge in [-0.1, -0.05) is 19.1 Å². The molecule has 0 saturated heterocycles. The van der Waals surface area contributed by atoms with Gasteiger partial charge < -0.3 is 5.32 Å². The lowest BCUT2D eigenvalue weighted by Crippen LogP contribution is -2.04. The molecular weight excluding hydrogens is 283 g/mol. The van der Waals surface area contributed by atoms with E-state index < -0.39 is 17.5 Å². The highest BCUT2D eigenvalue weighted by molar-refractivity contribution is 7.99. The Bertz CT molecular complexity index is 602. The van der Waals surface area contributed by atoms with Gasteiger partial charge in [0.15, 0.2) is 11.6 Å². The van der Waals surface area contributed by atoms with Crippen LogP contribution in [-0.2, 0) is 6.54 Å². The van der Waals surface area contributed by atoms with E-state index in [1.807, 2.05) is 31.2 Å². The second-order valence-electron chi connectivity index (χ2n) is 4.14. The van der Waals surface area contributed by atoms with Crippen molar-refractivity contribution in [3.05, 3.63) is 59.4 Å². The van der Waals surface area contributed by atoms with Gasteiger partial charge >= 0.3 is 0 Å². The van der Waals surface area contributed by atoms with Crippen LogP contribution < -0.4 is 5.32 Å². The Morgan fingerprint density at radius 1 is 1.00 bits per heavy atom. The SMILES string of the molecule is CCSc1ccccc1NCc1cc(F)c(F)cc1F. The first kappa shape index (κ1) is 14.8. The predicted octanol–water partition coefficient (Wildman–Crippen LogP) is 4.83. The van der Waals surface area contributed by atoms with E-state index in [0.29, 0.717) is 6.07 Å². The van der Waals surface area contributed by atoms with E-state index in [1.165, 1.54) is 0 Å². The molecule has 2 aromatic rings. The van der Waals surface area contributed by atoms with Crippen molar-refractivity contribution in [3.8, 4) is 0 Å². The quantitative estimate of drug-likeness (QED) is 0.627. The fraction of sp³-hybridized carbons (Fsp3) is 0.200. The molecule has 0 aromatic heterocycles. The number of nitrogens with one attached hydrogen (secondary N) is 1. The van der Waals surface area contributed by atoms with Gasteiger partial charge in [0.1, 0.15) is 5.82 Å². The molecular formula is C15H14F3NS. The third kappa shape index (κ3) is 3.48. The maximum atomic E-state index is 13.5. The summed E-state index contributed by atoms with van der Waals surface area (Å²) in [5.41, 5.74) is 0.948. The second kappa shape index (κ2) is 6.70. The summed E-state index contributed by atoms with van der Waals surface area (Å²) in [6.45, 7) is 2.14. The maximum absolute atomic E-state index is 13.5. The molecule has 0 radical (unpaired) electrons. The summed E-state index contributed by atoms with van der Waals surface area (Å²) in [6.07, 6.45) is 0. The Morgan fingerprint density at radius 3 is 2.45 bits per heavy atom. The van der Waals surface area contributed by atoms with E-state index in [0.717, 1.165) is 22.4 Å². The van der Waals surface area contributed by atoms with Crippen LogP contribution in [0, 0.1) is 17.5 Å². The molecule has 0 aliphatic heterocycles. The highest BCUT2D eigenvalue weighted by Crippen LogP contribution is 2.27. The summed E-state index contributed by atoms with van der Waals surface area (Å²) >= 11 is 1.66. The molecule has 5 heteroatoms. The molecule has 0 saturated carbocycles. The van der Waals surface area contributed by atoms with Crippen molar-refractivity contribution in [2.75, 3.05) is 11.1 Å².